The van der Waals surface area contributed by atoms with Crippen molar-refractivity contribution in [2.75, 3.05) is 18.0 Å². The maximum atomic E-state index is 13.2. The van der Waals surface area contributed by atoms with Gasteiger partial charge in [-0.2, -0.15) is 0 Å². The van der Waals surface area contributed by atoms with Gasteiger partial charge in [0.25, 0.3) is 11.1 Å². The molecule has 0 N–H and O–H groups in total. The molecular weight excluding hydrogens is 458 g/mol. The molecule has 0 saturated carbocycles. The molecule has 2 aromatic carbocycles. The molecule has 3 aromatic rings. The first kappa shape index (κ1) is 23.4. The van der Waals surface area contributed by atoms with Crippen molar-refractivity contribution in [1.29, 1.82) is 0 Å². The first-order valence-corrected chi connectivity index (χ1v) is 13.1. The Kier molecular flexibility index (Phi) is 6.77. The Hall–Kier alpha value is -3.32. The maximum Gasteiger partial charge on any atom is 0.298 e. The van der Waals surface area contributed by atoms with Crippen molar-refractivity contribution < 1.29 is 14.4 Å². The summed E-state index contributed by atoms with van der Waals surface area (Å²) in [6.07, 6.45) is 9.06. The minimum absolute atomic E-state index is 0.130. The molecule has 3 heterocycles. The number of hydrogen-bond acceptors (Lipinski definition) is 4. The zero-order valence-corrected chi connectivity index (χ0v) is 20.7. The number of thioether (sulfide) groups is 1. The van der Waals surface area contributed by atoms with E-state index in [0.717, 1.165) is 66.1 Å². The second-order valence-corrected chi connectivity index (χ2v) is 10.0. The number of para-hydroxylation sites is 2. The molecule has 2 aliphatic heterocycles. The van der Waals surface area contributed by atoms with Crippen molar-refractivity contribution in [3.05, 3.63) is 70.8 Å². The number of imide groups is 1. The van der Waals surface area contributed by atoms with Crippen LogP contribution < -0.4 is 4.90 Å². The Morgan fingerprint density at radius 1 is 0.971 bits per heavy atom. The fourth-order valence-electron chi connectivity index (χ4n) is 4.96. The van der Waals surface area contributed by atoms with Crippen LogP contribution in [0.2, 0.25) is 0 Å². The molecule has 0 unspecified atom stereocenters. The van der Waals surface area contributed by atoms with Crippen LogP contribution in [-0.4, -0.2) is 39.6 Å². The molecule has 1 aromatic heterocycles. The molecule has 3 amide bonds. The van der Waals surface area contributed by atoms with Crippen LogP contribution in [0.5, 0.6) is 0 Å². The number of nitrogens with zero attached hydrogens (tertiary/aromatic N) is 3. The average molecular weight is 488 g/mol. The quantitative estimate of drug-likeness (QED) is 0.424. The minimum atomic E-state index is -0.320. The lowest BCUT2D eigenvalue weighted by Crippen LogP contribution is -2.34. The number of aromatic nitrogens is 1. The molecule has 0 atom stereocenters. The van der Waals surface area contributed by atoms with Gasteiger partial charge in [0.2, 0.25) is 5.91 Å². The monoisotopic (exact) mass is 487 g/mol. The zero-order chi connectivity index (χ0) is 24.4. The highest BCUT2D eigenvalue weighted by Gasteiger charge is 2.36. The normalized spacial score (nSPS) is 18.0. The van der Waals surface area contributed by atoms with Gasteiger partial charge < -0.3 is 9.47 Å². The summed E-state index contributed by atoms with van der Waals surface area (Å²) in [4.78, 5) is 42.6. The molecule has 5 rings (SSSR count). The first-order chi connectivity index (χ1) is 17.1. The summed E-state index contributed by atoms with van der Waals surface area (Å²) in [6, 6.07) is 15.1. The predicted octanol–water partition coefficient (Wildman–Crippen LogP) is 5.85. The molecule has 7 heteroatoms. The van der Waals surface area contributed by atoms with Crippen LogP contribution in [0, 0.1) is 0 Å². The van der Waals surface area contributed by atoms with E-state index in [2.05, 4.69) is 13.0 Å². The number of amides is 3. The van der Waals surface area contributed by atoms with Gasteiger partial charge in [0, 0.05) is 30.2 Å². The molecule has 0 bridgehead atoms. The van der Waals surface area contributed by atoms with E-state index in [4.69, 9.17) is 0 Å². The lowest BCUT2D eigenvalue weighted by Gasteiger charge is -2.21. The van der Waals surface area contributed by atoms with E-state index in [1.165, 1.54) is 17.7 Å². The Bertz CT molecular complexity index is 1300. The summed E-state index contributed by atoms with van der Waals surface area (Å²) >= 11 is 0.952. The number of rotatable bonds is 5. The highest BCUT2D eigenvalue weighted by molar-refractivity contribution is 8.19. The molecule has 2 fully saturated rings. The second kappa shape index (κ2) is 10.1. The maximum absolute atomic E-state index is 13.2. The molecule has 6 nitrogen and oxygen atoms in total. The summed E-state index contributed by atoms with van der Waals surface area (Å²) in [7, 11) is 0. The predicted molar refractivity (Wildman–Crippen MR) is 141 cm³/mol. The van der Waals surface area contributed by atoms with Gasteiger partial charge in [-0.25, -0.2) is 4.90 Å². The van der Waals surface area contributed by atoms with Crippen LogP contribution in [0.4, 0.5) is 10.5 Å². The van der Waals surface area contributed by atoms with E-state index in [-0.39, 0.29) is 23.6 Å². The fourth-order valence-corrected chi connectivity index (χ4v) is 5.80. The van der Waals surface area contributed by atoms with Crippen LogP contribution >= 0.6 is 11.8 Å². The topological polar surface area (TPSA) is 62.6 Å². The van der Waals surface area contributed by atoms with E-state index >= 15 is 0 Å². The van der Waals surface area contributed by atoms with Crippen LogP contribution in [0.25, 0.3) is 17.0 Å². The highest BCUT2D eigenvalue weighted by Crippen LogP contribution is 2.37. The number of carbonyl (C=O) groups excluding carboxylic acids is 3. The highest BCUT2D eigenvalue weighted by atomic mass is 32.2. The van der Waals surface area contributed by atoms with E-state index in [1.807, 2.05) is 46.0 Å². The zero-order valence-electron chi connectivity index (χ0n) is 19.9. The van der Waals surface area contributed by atoms with Gasteiger partial charge >= 0.3 is 0 Å². The molecule has 2 saturated heterocycles. The van der Waals surface area contributed by atoms with Crippen LogP contribution in [0.3, 0.4) is 0 Å². The van der Waals surface area contributed by atoms with Crippen LogP contribution in [0.15, 0.2) is 59.6 Å². The number of fused-ring (bicyclic) bond motifs is 1. The molecule has 0 radical (unpaired) electrons. The van der Waals surface area contributed by atoms with E-state index in [9.17, 15) is 14.4 Å². The first-order valence-electron chi connectivity index (χ1n) is 12.3. The van der Waals surface area contributed by atoms with Crippen molar-refractivity contribution in [3.8, 4) is 0 Å². The number of hydrogen-bond donors (Lipinski definition) is 0. The Morgan fingerprint density at radius 2 is 1.71 bits per heavy atom. The minimum Gasteiger partial charge on any atom is -0.341 e. The summed E-state index contributed by atoms with van der Waals surface area (Å²) < 4.78 is 2.02. The number of likely N-dealkylation sites (tertiary alicyclic amines) is 1. The van der Waals surface area contributed by atoms with Crippen molar-refractivity contribution in [2.45, 2.75) is 45.6 Å². The third-order valence-electron chi connectivity index (χ3n) is 6.75. The van der Waals surface area contributed by atoms with Gasteiger partial charge in [0.15, 0.2) is 0 Å². The Morgan fingerprint density at radius 3 is 2.43 bits per heavy atom. The van der Waals surface area contributed by atoms with Gasteiger partial charge in [-0.1, -0.05) is 56.2 Å². The number of aryl methyl sites for hydroxylation is 1. The summed E-state index contributed by atoms with van der Waals surface area (Å²) in [5.41, 5.74) is 3.59. The Labute approximate surface area is 209 Å². The summed E-state index contributed by atoms with van der Waals surface area (Å²) in [5, 5.41) is 0.682. The Balaban J connectivity index is 1.50. The molecular formula is C28H29N3O3S. The second-order valence-electron chi connectivity index (χ2n) is 9.03. The van der Waals surface area contributed by atoms with Crippen molar-refractivity contribution in [3.63, 3.8) is 0 Å². The fraction of sp³-hybridized carbons (Fsp3) is 0.321. The van der Waals surface area contributed by atoms with Crippen molar-refractivity contribution in [2.24, 2.45) is 0 Å². The lowest BCUT2D eigenvalue weighted by molar-refractivity contribution is -0.131. The lowest BCUT2D eigenvalue weighted by atomic mass is 10.1. The van der Waals surface area contributed by atoms with Gasteiger partial charge in [0.05, 0.1) is 16.1 Å². The number of benzene rings is 2. The molecule has 35 heavy (non-hydrogen) atoms. The molecule has 2 aliphatic rings. The molecule has 180 valence electrons. The third kappa shape index (κ3) is 4.65. The van der Waals surface area contributed by atoms with E-state index in [0.29, 0.717) is 10.6 Å². The van der Waals surface area contributed by atoms with Gasteiger partial charge in [0.1, 0.15) is 6.54 Å². The SMILES string of the molecule is CCc1cccc2c(/C=C3\SC(=O)N(c4ccccc4)C3=O)cn(CC(=O)N3CCCCCC3)c12. The van der Waals surface area contributed by atoms with E-state index < -0.39 is 0 Å². The van der Waals surface area contributed by atoms with Crippen molar-refractivity contribution in [1.82, 2.24) is 9.47 Å². The molecule has 0 aliphatic carbocycles. The number of carbonyl (C=O) groups is 3. The number of anilines is 1. The van der Waals surface area contributed by atoms with Gasteiger partial charge in [-0.3, -0.25) is 14.4 Å². The van der Waals surface area contributed by atoms with Crippen molar-refractivity contribution >= 4 is 51.5 Å². The standard InChI is InChI=1S/C28H29N3O3S/c1-2-20-11-10-14-23-21(17-24-27(33)31(28(34)35-24)22-12-6-5-7-13-22)18-30(26(20)23)19-25(32)29-15-8-3-4-9-16-29/h5-7,10-14,17-18H,2-4,8-9,15-16,19H2,1H3/b24-17-. The summed E-state index contributed by atoms with van der Waals surface area (Å²) in [5.74, 6) is -0.190. The van der Waals surface area contributed by atoms with Crippen LogP contribution in [0.1, 0.15) is 43.7 Å². The van der Waals surface area contributed by atoms with Gasteiger partial charge in [-0.15, -0.1) is 0 Å². The largest absolute Gasteiger partial charge is 0.341 e. The summed E-state index contributed by atoms with van der Waals surface area (Å²) in [6.45, 7) is 4.01. The average Bonchev–Trinajstić information content (AvgIpc) is 3.20. The smallest absolute Gasteiger partial charge is 0.298 e. The van der Waals surface area contributed by atoms with E-state index in [1.54, 1.807) is 18.2 Å². The van der Waals surface area contributed by atoms with Crippen LogP contribution in [-0.2, 0) is 22.6 Å². The third-order valence-corrected chi connectivity index (χ3v) is 7.62. The van der Waals surface area contributed by atoms with Gasteiger partial charge in [-0.05, 0) is 54.8 Å². The molecule has 0 spiro atoms.